The summed E-state index contributed by atoms with van der Waals surface area (Å²) in [7, 11) is 0. The van der Waals surface area contributed by atoms with Gasteiger partial charge in [-0.2, -0.15) is 0 Å². The van der Waals surface area contributed by atoms with Crippen LogP contribution in [-0.4, -0.2) is 16.6 Å². The summed E-state index contributed by atoms with van der Waals surface area (Å²) in [6.07, 6.45) is 0. The van der Waals surface area contributed by atoms with E-state index in [1.165, 1.54) is 6.92 Å². The first-order valence-electron chi connectivity index (χ1n) is 2.66. The number of alkyl halides is 1. The Hall–Kier alpha value is -0.540. The highest BCUT2D eigenvalue weighted by molar-refractivity contribution is 6.19. The SMILES string of the molecule is C=C(C)C(=O)O.CC(N)Cl. The van der Waals surface area contributed by atoms with Gasteiger partial charge in [0.1, 0.15) is 0 Å². The third-order valence-corrected chi connectivity index (χ3v) is 0.365. The minimum absolute atomic E-state index is 0.176. The summed E-state index contributed by atoms with van der Waals surface area (Å²) < 4.78 is 0. The maximum Gasteiger partial charge on any atom is 0.330 e. The zero-order valence-corrected chi connectivity index (χ0v) is 6.85. The number of halogens is 1. The smallest absolute Gasteiger partial charge is 0.330 e. The Kier molecular flexibility index (Phi) is 8.00. The minimum Gasteiger partial charge on any atom is -0.478 e. The van der Waals surface area contributed by atoms with Crippen LogP contribution in [0.5, 0.6) is 0 Å². The predicted octanol–water partition coefficient (Wildman–Crippen LogP) is 1.18. The topological polar surface area (TPSA) is 63.3 Å². The molecule has 1 unspecified atom stereocenters. The van der Waals surface area contributed by atoms with Crippen molar-refractivity contribution in [2.24, 2.45) is 5.73 Å². The van der Waals surface area contributed by atoms with Gasteiger partial charge < -0.3 is 10.8 Å². The predicted molar refractivity (Wildman–Crippen MR) is 42.0 cm³/mol. The van der Waals surface area contributed by atoms with Crippen LogP contribution in [0.1, 0.15) is 13.8 Å². The number of hydrogen-bond acceptors (Lipinski definition) is 2. The Balaban J connectivity index is 0. The summed E-state index contributed by atoms with van der Waals surface area (Å²) in [5.74, 6) is -0.935. The number of carbonyl (C=O) groups is 1. The molecule has 3 nitrogen and oxygen atoms in total. The van der Waals surface area contributed by atoms with E-state index in [4.69, 9.17) is 22.4 Å². The van der Waals surface area contributed by atoms with Gasteiger partial charge in [-0.1, -0.05) is 6.58 Å². The van der Waals surface area contributed by atoms with E-state index in [-0.39, 0.29) is 11.1 Å². The maximum absolute atomic E-state index is 9.60. The van der Waals surface area contributed by atoms with Gasteiger partial charge in [-0.05, 0) is 13.8 Å². The highest BCUT2D eigenvalue weighted by Gasteiger charge is 1.90. The van der Waals surface area contributed by atoms with Crippen LogP contribution < -0.4 is 5.73 Å². The second-order valence-corrected chi connectivity index (χ2v) is 2.45. The average Bonchev–Trinajstić information content (AvgIpc) is 1.63. The molecule has 0 aliphatic carbocycles. The molecule has 0 aromatic heterocycles. The largest absolute Gasteiger partial charge is 0.478 e. The number of rotatable bonds is 1. The molecule has 0 aromatic rings. The second-order valence-electron chi connectivity index (χ2n) is 1.76. The summed E-state index contributed by atoms with van der Waals surface area (Å²) in [5, 5.41) is 7.89. The third kappa shape index (κ3) is 26.0. The summed E-state index contributed by atoms with van der Waals surface area (Å²) in [4.78, 5) is 9.60. The van der Waals surface area contributed by atoms with Crippen molar-refractivity contribution in [3.05, 3.63) is 12.2 Å². The monoisotopic (exact) mass is 165 g/mol. The highest BCUT2D eigenvalue weighted by Crippen LogP contribution is 1.81. The van der Waals surface area contributed by atoms with Crippen molar-refractivity contribution in [3.8, 4) is 0 Å². The van der Waals surface area contributed by atoms with Crippen molar-refractivity contribution >= 4 is 17.6 Å². The summed E-state index contributed by atoms with van der Waals surface area (Å²) in [6.45, 7) is 6.31. The molecule has 0 saturated carbocycles. The summed E-state index contributed by atoms with van der Waals surface area (Å²) in [6, 6.07) is 0. The quantitative estimate of drug-likeness (QED) is 0.348. The zero-order valence-electron chi connectivity index (χ0n) is 6.10. The number of carboxylic acids is 1. The number of nitrogens with two attached hydrogens (primary N) is 1. The van der Waals surface area contributed by atoms with Gasteiger partial charge >= 0.3 is 5.97 Å². The lowest BCUT2D eigenvalue weighted by Gasteiger charge is -1.79. The number of aliphatic carboxylic acids is 1. The molecule has 3 N–H and O–H groups in total. The van der Waals surface area contributed by atoms with Crippen molar-refractivity contribution in [1.82, 2.24) is 0 Å². The third-order valence-electron chi connectivity index (χ3n) is 0.365. The lowest BCUT2D eigenvalue weighted by Crippen LogP contribution is -2.03. The molecule has 0 radical (unpaired) electrons. The highest BCUT2D eigenvalue weighted by atomic mass is 35.5. The molecule has 0 rings (SSSR count). The molecule has 1 atom stereocenters. The lowest BCUT2D eigenvalue weighted by molar-refractivity contribution is -0.132. The fourth-order valence-corrected chi connectivity index (χ4v) is 0. The van der Waals surface area contributed by atoms with Crippen molar-refractivity contribution < 1.29 is 9.90 Å². The van der Waals surface area contributed by atoms with Crippen LogP contribution in [0.25, 0.3) is 0 Å². The molecular formula is C6H12ClNO2. The van der Waals surface area contributed by atoms with Crippen LogP contribution in [0.3, 0.4) is 0 Å². The van der Waals surface area contributed by atoms with Crippen LogP contribution in [0.4, 0.5) is 0 Å². The molecule has 0 bridgehead atoms. The van der Waals surface area contributed by atoms with E-state index in [9.17, 15) is 4.79 Å². The van der Waals surface area contributed by atoms with Gasteiger partial charge in [0, 0.05) is 5.57 Å². The molecule has 0 aliphatic heterocycles. The van der Waals surface area contributed by atoms with Crippen LogP contribution in [0.2, 0.25) is 0 Å². The molecular weight excluding hydrogens is 154 g/mol. The van der Waals surface area contributed by atoms with Gasteiger partial charge in [0.05, 0.1) is 5.50 Å². The van der Waals surface area contributed by atoms with E-state index in [2.05, 4.69) is 6.58 Å². The first-order valence-corrected chi connectivity index (χ1v) is 3.10. The van der Waals surface area contributed by atoms with E-state index in [1.807, 2.05) is 0 Å². The Labute approximate surface area is 65.5 Å². The zero-order chi connectivity index (χ0) is 8.73. The van der Waals surface area contributed by atoms with Crippen molar-refractivity contribution in [3.63, 3.8) is 0 Å². The number of hydrogen-bond donors (Lipinski definition) is 2. The van der Waals surface area contributed by atoms with E-state index < -0.39 is 5.97 Å². The average molecular weight is 166 g/mol. The fraction of sp³-hybridized carbons (Fsp3) is 0.500. The standard InChI is InChI=1S/C4H6O2.C2H6ClN/c1-3(2)4(5)6;1-2(3)4/h1H2,2H3,(H,5,6);2H,4H2,1H3. The Morgan fingerprint density at radius 2 is 1.90 bits per heavy atom. The molecule has 0 amide bonds. The molecule has 10 heavy (non-hydrogen) atoms. The maximum atomic E-state index is 9.60. The lowest BCUT2D eigenvalue weighted by atomic mass is 10.4. The van der Waals surface area contributed by atoms with E-state index in [0.717, 1.165) is 0 Å². The molecule has 0 saturated heterocycles. The van der Waals surface area contributed by atoms with Gasteiger partial charge in [-0.25, -0.2) is 4.79 Å². The minimum atomic E-state index is -0.935. The molecule has 60 valence electrons. The Bertz CT molecular complexity index is 108. The molecule has 0 aromatic carbocycles. The Morgan fingerprint density at radius 1 is 1.80 bits per heavy atom. The molecule has 0 aliphatic rings. The number of carboxylic acid groups (broad SMARTS) is 1. The van der Waals surface area contributed by atoms with Crippen LogP contribution in [0, 0.1) is 0 Å². The van der Waals surface area contributed by atoms with Crippen molar-refractivity contribution in [2.75, 3.05) is 0 Å². The second kappa shape index (κ2) is 6.58. The molecule has 0 spiro atoms. The van der Waals surface area contributed by atoms with E-state index in [0.29, 0.717) is 0 Å². The molecule has 0 heterocycles. The summed E-state index contributed by atoms with van der Waals surface area (Å²) >= 11 is 5.05. The normalized spacial score (nSPS) is 10.8. The first kappa shape index (κ1) is 12.2. The van der Waals surface area contributed by atoms with E-state index >= 15 is 0 Å². The van der Waals surface area contributed by atoms with Gasteiger partial charge in [-0.15, -0.1) is 11.6 Å². The molecule has 4 heteroatoms. The van der Waals surface area contributed by atoms with Crippen LogP contribution in [0.15, 0.2) is 12.2 Å². The fourth-order valence-electron chi connectivity index (χ4n) is 0. The van der Waals surface area contributed by atoms with Crippen molar-refractivity contribution in [1.29, 1.82) is 0 Å². The first-order chi connectivity index (χ1) is 4.37. The summed E-state index contributed by atoms with van der Waals surface area (Å²) in [5.41, 5.74) is 4.86. The van der Waals surface area contributed by atoms with Gasteiger partial charge in [-0.3, -0.25) is 0 Å². The molecule has 0 fully saturated rings. The van der Waals surface area contributed by atoms with Gasteiger partial charge in [0.15, 0.2) is 0 Å². The van der Waals surface area contributed by atoms with Crippen LogP contribution in [-0.2, 0) is 4.79 Å². The van der Waals surface area contributed by atoms with Gasteiger partial charge in [0.25, 0.3) is 0 Å². The van der Waals surface area contributed by atoms with Gasteiger partial charge in [0.2, 0.25) is 0 Å². The van der Waals surface area contributed by atoms with Crippen molar-refractivity contribution in [2.45, 2.75) is 19.3 Å². The van der Waals surface area contributed by atoms with Crippen LogP contribution >= 0.6 is 11.6 Å². The van der Waals surface area contributed by atoms with E-state index in [1.54, 1.807) is 6.92 Å². The Morgan fingerprint density at radius 3 is 1.90 bits per heavy atom.